The summed E-state index contributed by atoms with van der Waals surface area (Å²) in [6, 6.07) is 10.7. The molecule has 0 unspecified atom stereocenters. The van der Waals surface area contributed by atoms with Crippen LogP contribution in [0.3, 0.4) is 0 Å². The van der Waals surface area contributed by atoms with Crippen molar-refractivity contribution in [2.45, 2.75) is 31.8 Å². The summed E-state index contributed by atoms with van der Waals surface area (Å²) in [5.74, 6) is 1.06. The predicted octanol–water partition coefficient (Wildman–Crippen LogP) is 2.89. The molecule has 0 bridgehead atoms. The highest BCUT2D eigenvalue weighted by Crippen LogP contribution is 2.29. The molecule has 112 valence electrons. The highest BCUT2D eigenvalue weighted by atomic mass is 15.3. The van der Waals surface area contributed by atoms with Crippen LogP contribution in [0.1, 0.15) is 19.3 Å². The summed E-state index contributed by atoms with van der Waals surface area (Å²) in [6.07, 6.45) is 9.22. The zero-order chi connectivity index (χ0) is 14.8. The second kappa shape index (κ2) is 5.75. The largest absolute Gasteiger partial charge is 0.351 e. The summed E-state index contributed by atoms with van der Waals surface area (Å²) in [4.78, 5) is 11.4. The van der Waals surface area contributed by atoms with Gasteiger partial charge in [0.05, 0.1) is 18.1 Å². The minimum atomic E-state index is 0.437. The van der Waals surface area contributed by atoms with E-state index in [9.17, 15) is 0 Å². The zero-order valence-corrected chi connectivity index (χ0v) is 12.5. The van der Waals surface area contributed by atoms with Gasteiger partial charge in [-0.2, -0.15) is 5.10 Å². The van der Waals surface area contributed by atoms with E-state index in [1.807, 2.05) is 35.3 Å². The van der Waals surface area contributed by atoms with E-state index in [0.29, 0.717) is 6.04 Å². The first-order valence-corrected chi connectivity index (χ1v) is 7.85. The average Bonchev–Trinajstić information content (AvgIpc) is 3.08. The second-order valence-corrected chi connectivity index (χ2v) is 5.79. The van der Waals surface area contributed by atoms with Crippen molar-refractivity contribution in [2.75, 3.05) is 11.4 Å². The van der Waals surface area contributed by atoms with Crippen LogP contribution in [-0.4, -0.2) is 32.3 Å². The molecular formula is C17H19N5. The normalized spacial score (nSPS) is 18.7. The number of para-hydroxylation sites is 1. The number of hydrogen-bond donors (Lipinski definition) is 0. The maximum absolute atomic E-state index is 4.60. The molecule has 0 radical (unpaired) electrons. The van der Waals surface area contributed by atoms with Crippen molar-refractivity contribution in [3.63, 3.8) is 0 Å². The first-order valence-electron chi connectivity index (χ1n) is 7.85. The summed E-state index contributed by atoms with van der Waals surface area (Å²) in [5.41, 5.74) is 1.01. The highest BCUT2D eigenvalue weighted by Gasteiger charge is 2.25. The fourth-order valence-electron chi connectivity index (χ4n) is 3.31. The van der Waals surface area contributed by atoms with Gasteiger partial charge >= 0.3 is 0 Å². The Kier molecular flexibility index (Phi) is 3.46. The van der Waals surface area contributed by atoms with Gasteiger partial charge < -0.3 is 4.90 Å². The molecule has 1 aromatic carbocycles. The van der Waals surface area contributed by atoms with Crippen LogP contribution in [0.25, 0.3) is 10.9 Å². The number of aromatic nitrogens is 4. The third kappa shape index (κ3) is 2.43. The molecule has 0 aliphatic carbocycles. The number of anilines is 1. The lowest BCUT2D eigenvalue weighted by Gasteiger charge is -2.37. The van der Waals surface area contributed by atoms with Gasteiger partial charge in [0, 0.05) is 24.3 Å². The van der Waals surface area contributed by atoms with Crippen molar-refractivity contribution >= 4 is 16.7 Å². The Hall–Kier alpha value is -2.43. The van der Waals surface area contributed by atoms with Crippen molar-refractivity contribution < 1.29 is 0 Å². The van der Waals surface area contributed by atoms with Gasteiger partial charge in [-0.15, -0.1) is 0 Å². The molecule has 5 heteroatoms. The quantitative estimate of drug-likeness (QED) is 0.745. The Morgan fingerprint density at radius 1 is 1.09 bits per heavy atom. The topological polar surface area (TPSA) is 46.8 Å². The summed E-state index contributed by atoms with van der Waals surface area (Å²) < 4.78 is 2.02. The van der Waals surface area contributed by atoms with Gasteiger partial charge in [-0.3, -0.25) is 4.68 Å². The third-order valence-corrected chi connectivity index (χ3v) is 4.38. The number of benzene rings is 1. The molecule has 0 N–H and O–H groups in total. The zero-order valence-electron chi connectivity index (χ0n) is 12.5. The van der Waals surface area contributed by atoms with Crippen molar-refractivity contribution in [3.8, 4) is 0 Å². The van der Waals surface area contributed by atoms with Crippen molar-refractivity contribution in [3.05, 3.63) is 49.1 Å². The molecule has 0 amide bonds. The maximum Gasteiger partial charge on any atom is 0.140 e. The molecular weight excluding hydrogens is 274 g/mol. The predicted molar refractivity (Wildman–Crippen MR) is 86.8 cm³/mol. The summed E-state index contributed by atoms with van der Waals surface area (Å²) in [5, 5.41) is 5.49. The second-order valence-electron chi connectivity index (χ2n) is 5.79. The summed E-state index contributed by atoms with van der Waals surface area (Å²) >= 11 is 0. The summed E-state index contributed by atoms with van der Waals surface area (Å²) in [7, 11) is 0. The molecule has 1 fully saturated rings. The lowest BCUT2D eigenvalue weighted by molar-refractivity contribution is 0.397. The fraction of sp³-hybridized carbons (Fsp3) is 0.353. The molecule has 0 spiro atoms. The van der Waals surface area contributed by atoms with Gasteiger partial charge in [0.25, 0.3) is 0 Å². The number of nitrogens with zero attached hydrogens (tertiary/aromatic N) is 5. The lowest BCUT2D eigenvalue weighted by Crippen LogP contribution is -2.43. The van der Waals surface area contributed by atoms with E-state index in [0.717, 1.165) is 29.8 Å². The molecule has 5 nitrogen and oxygen atoms in total. The van der Waals surface area contributed by atoms with Crippen LogP contribution in [0.15, 0.2) is 49.1 Å². The maximum atomic E-state index is 4.60. The van der Waals surface area contributed by atoms with Gasteiger partial charge in [0.2, 0.25) is 0 Å². The first-order chi connectivity index (χ1) is 10.9. The number of rotatable bonds is 3. The number of fused-ring (bicyclic) bond motifs is 1. The molecule has 3 aromatic rings. The standard InChI is InChI=1S/C17H19N5/c1-2-8-16-15(7-1)17(19-13-18-16)22-11-4-3-6-14(22)12-21-10-5-9-20-21/h1-2,5,7-10,13-14H,3-4,6,11-12H2/t14-/m0/s1. The van der Waals surface area contributed by atoms with E-state index in [1.54, 1.807) is 6.33 Å². The van der Waals surface area contributed by atoms with Crippen LogP contribution < -0.4 is 4.90 Å². The van der Waals surface area contributed by atoms with Crippen LogP contribution in [0.4, 0.5) is 5.82 Å². The van der Waals surface area contributed by atoms with E-state index < -0.39 is 0 Å². The molecule has 3 heterocycles. The Labute approximate surface area is 129 Å². The van der Waals surface area contributed by atoms with E-state index >= 15 is 0 Å². The van der Waals surface area contributed by atoms with E-state index in [4.69, 9.17) is 0 Å². The van der Waals surface area contributed by atoms with Crippen LogP contribution in [0.5, 0.6) is 0 Å². The SMILES string of the molecule is c1ccc2c(N3CCCC[C@H]3Cn3cccn3)ncnc2c1. The Bertz CT molecular complexity index is 747. The van der Waals surface area contributed by atoms with E-state index in [-0.39, 0.29) is 0 Å². The van der Waals surface area contributed by atoms with Crippen LogP contribution in [-0.2, 0) is 6.54 Å². The van der Waals surface area contributed by atoms with Gasteiger partial charge in [-0.25, -0.2) is 9.97 Å². The van der Waals surface area contributed by atoms with Gasteiger partial charge in [0.1, 0.15) is 12.1 Å². The molecule has 22 heavy (non-hydrogen) atoms. The fourth-order valence-corrected chi connectivity index (χ4v) is 3.31. The number of hydrogen-bond acceptors (Lipinski definition) is 4. The minimum Gasteiger partial charge on any atom is -0.351 e. The minimum absolute atomic E-state index is 0.437. The lowest BCUT2D eigenvalue weighted by atomic mass is 10.0. The molecule has 2 aromatic heterocycles. The Balaban J connectivity index is 1.71. The monoisotopic (exact) mass is 293 g/mol. The molecule has 1 saturated heterocycles. The Morgan fingerprint density at radius 2 is 2.05 bits per heavy atom. The Morgan fingerprint density at radius 3 is 2.95 bits per heavy atom. The molecule has 1 aliphatic heterocycles. The first kappa shape index (κ1) is 13.2. The molecule has 0 saturated carbocycles. The summed E-state index contributed by atoms with van der Waals surface area (Å²) in [6.45, 7) is 1.96. The third-order valence-electron chi connectivity index (χ3n) is 4.38. The van der Waals surface area contributed by atoms with Gasteiger partial charge in [-0.05, 0) is 37.5 Å². The highest BCUT2D eigenvalue weighted by molar-refractivity contribution is 5.89. The van der Waals surface area contributed by atoms with Gasteiger partial charge in [-0.1, -0.05) is 12.1 Å². The van der Waals surface area contributed by atoms with Crippen molar-refractivity contribution in [1.29, 1.82) is 0 Å². The van der Waals surface area contributed by atoms with E-state index in [2.05, 4.69) is 32.1 Å². The van der Waals surface area contributed by atoms with E-state index in [1.165, 1.54) is 19.3 Å². The molecule has 4 rings (SSSR count). The smallest absolute Gasteiger partial charge is 0.140 e. The number of piperidine rings is 1. The molecule has 1 aliphatic rings. The van der Waals surface area contributed by atoms with Crippen LogP contribution in [0, 0.1) is 0 Å². The van der Waals surface area contributed by atoms with Crippen molar-refractivity contribution in [1.82, 2.24) is 19.7 Å². The molecule has 1 atom stereocenters. The van der Waals surface area contributed by atoms with Crippen LogP contribution in [0.2, 0.25) is 0 Å². The average molecular weight is 293 g/mol. The van der Waals surface area contributed by atoms with Gasteiger partial charge in [0.15, 0.2) is 0 Å². The van der Waals surface area contributed by atoms with Crippen LogP contribution >= 0.6 is 0 Å². The van der Waals surface area contributed by atoms with Crippen molar-refractivity contribution in [2.24, 2.45) is 0 Å².